The molecule has 2 aromatic heterocycles. The van der Waals surface area contributed by atoms with Crippen molar-refractivity contribution in [1.29, 1.82) is 0 Å². The maximum atomic E-state index is 12.4. The Morgan fingerprint density at radius 3 is 2.36 bits per heavy atom. The smallest absolute Gasteiger partial charge is 0.348 e. The summed E-state index contributed by atoms with van der Waals surface area (Å²) in [6.45, 7) is 9.10. The quantitative estimate of drug-likeness (QED) is 0.638. The molecule has 0 aliphatic carbocycles. The van der Waals surface area contributed by atoms with Crippen LogP contribution in [0.1, 0.15) is 47.9 Å². The van der Waals surface area contributed by atoms with E-state index in [4.69, 9.17) is 9.15 Å². The molecule has 0 aliphatic heterocycles. The molecule has 2 heterocycles. The SMILES string of the molecule is CC(C)CN(CC(C)C)C(=O)COC(=O)c1ccc(NC(=O)c2ccco2)s1. The van der Waals surface area contributed by atoms with Gasteiger partial charge in [0.2, 0.25) is 0 Å². The van der Waals surface area contributed by atoms with Crippen LogP contribution in [-0.2, 0) is 9.53 Å². The first-order valence-corrected chi connectivity index (χ1v) is 9.97. The lowest BCUT2D eigenvalue weighted by molar-refractivity contribution is -0.135. The van der Waals surface area contributed by atoms with Crippen LogP contribution >= 0.6 is 11.3 Å². The van der Waals surface area contributed by atoms with Crippen molar-refractivity contribution in [2.24, 2.45) is 11.8 Å². The highest BCUT2D eigenvalue weighted by Crippen LogP contribution is 2.23. The van der Waals surface area contributed by atoms with Crippen LogP contribution in [0.4, 0.5) is 5.00 Å². The number of hydrogen-bond donors (Lipinski definition) is 1. The van der Waals surface area contributed by atoms with Gasteiger partial charge in [0, 0.05) is 13.1 Å². The Kier molecular flexibility index (Phi) is 7.80. The van der Waals surface area contributed by atoms with E-state index in [-0.39, 0.29) is 18.3 Å². The van der Waals surface area contributed by atoms with Gasteiger partial charge in [0.25, 0.3) is 11.8 Å². The standard InChI is InChI=1S/C20H26N2O5S/c1-13(2)10-22(11-14(3)4)18(23)12-27-20(25)16-7-8-17(28-16)21-19(24)15-6-5-9-26-15/h5-9,13-14H,10-12H2,1-4H3,(H,21,24). The fourth-order valence-electron chi connectivity index (χ4n) is 2.55. The maximum absolute atomic E-state index is 12.4. The second kappa shape index (κ2) is 10.1. The van der Waals surface area contributed by atoms with Gasteiger partial charge in [-0.3, -0.25) is 9.59 Å². The van der Waals surface area contributed by atoms with Gasteiger partial charge in [-0.2, -0.15) is 0 Å². The summed E-state index contributed by atoms with van der Waals surface area (Å²) in [4.78, 5) is 38.6. The lowest BCUT2D eigenvalue weighted by Crippen LogP contribution is -2.39. The molecule has 0 atom stereocenters. The van der Waals surface area contributed by atoms with Crippen molar-refractivity contribution in [3.8, 4) is 0 Å². The number of esters is 1. The van der Waals surface area contributed by atoms with Crippen LogP contribution < -0.4 is 5.32 Å². The normalized spacial score (nSPS) is 10.9. The summed E-state index contributed by atoms with van der Waals surface area (Å²) < 4.78 is 10.2. The third kappa shape index (κ3) is 6.53. The number of carbonyl (C=O) groups excluding carboxylic acids is 3. The van der Waals surface area contributed by atoms with Crippen molar-refractivity contribution < 1.29 is 23.5 Å². The third-order valence-electron chi connectivity index (χ3n) is 3.64. The number of furan rings is 1. The number of rotatable bonds is 9. The Morgan fingerprint density at radius 1 is 1.11 bits per heavy atom. The molecular weight excluding hydrogens is 380 g/mol. The van der Waals surface area contributed by atoms with E-state index in [1.807, 2.05) is 27.7 Å². The van der Waals surface area contributed by atoms with E-state index in [0.29, 0.717) is 34.8 Å². The van der Waals surface area contributed by atoms with Crippen molar-refractivity contribution >= 4 is 34.1 Å². The molecule has 8 heteroatoms. The summed E-state index contributed by atoms with van der Waals surface area (Å²) in [7, 11) is 0. The number of nitrogens with zero attached hydrogens (tertiary/aromatic N) is 1. The first-order chi connectivity index (χ1) is 13.3. The molecule has 2 amide bonds. The molecule has 0 bridgehead atoms. The van der Waals surface area contributed by atoms with Crippen LogP contribution in [0, 0.1) is 11.8 Å². The van der Waals surface area contributed by atoms with Crippen LogP contribution in [0.15, 0.2) is 34.9 Å². The minimum Gasteiger partial charge on any atom is -0.459 e. The number of nitrogens with one attached hydrogen (secondary N) is 1. The van der Waals surface area contributed by atoms with E-state index in [2.05, 4.69) is 5.32 Å². The first-order valence-electron chi connectivity index (χ1n) is 9.15. The molecule has 0 saturated carbocycles. The Labute approximate surface area is 168 Å². The summed E-state index contributed by atoms with van der Waals surface area (Å²) in [5, 5.41) is 3.14. The number of carbonyl (C=O) groups is 3. The molecule has 2 rings (SSSR count). The molecule has 2 aromatic rings. The van der Waals surface area contributed by atoms with Gasteiger partial charge in [0.05, 0.1) is 11.3 Å². The number of anilines is 1. The molecule has 0 spiro atoms. The first kappa shape index (κ1) is 21.7. The predicted octanol–water partition coefficient (Wildman–Crippen LogP) is 3.89. The van der Waals surface area contributed by atoms with E-state index in [1.54, 1.807) is 29.2 Å². The molecule has 7 nitrogen and oxygen atoms in total. The molecule has 0 unspecified atom stereocenters. The van der Waals surface area contributed by atoms with E-state index >= 15 is 0 Å². The van der Waals surface area contributed by atoms with Crippen LogP contribution in [-0.4, -0.2) is 42.4 Å². The zero-order valence-electron chi connectivity index (χ0n) is 16.6. The van der Waals surface area contributed by atoms with Gasteiger partial charge in [-0.05, 0) is 36.1 Å². The van der Waals surface area contributed by atoms with Gasteiger partial charge in [0.15, 0.2) is 12.4 Å². The van der Waals surface area contributed by atoms with E-state index in [1.165, 1.54) is 6.26 Å². The van der Waals surface area contributed by atoms with Gasteiger partial charge in [-0.1, -0.05) is 27.7 Å². The van der Waals surface area contributed by atoms with Crippen molar-refractivity contribution in [2.45, 2.75) is 27.7 Å². The van der Waals surface area contributed by atoms with Crippen molar-refractivity contribution in [1.82, 2.24) is 4.90 Å². The second-order valence-electron chi connectivity index (χ2n) is 7.26. The van der Waals surface area contributed by atoms with Gasteiger partial charge < -0.3 is 19.4 Å². The zero-order valence-corrected chi connectivity index (χ0v) is 17.4. The Balaban J connectivity index is 1.89. The van der Waals surface area contributed by atoms with Crippen LogP contribution in [0.2, 0.25) is 0 Å². The minimum atomic E-state index is -0.592. The van der Waals surface area contributed by atoms with Gasteiger partial charge in [0.1, 0.15) is 4.88 Å². The minimum absolute atomic E-state index is 0.179. The summed E-state index contributed by atoms with van der Waals surface area (Å²) in [6.07, 6.45) is 1.41. The Morgan fingerprint density at radius 2 is 1.79 bits per heavy atom. The summed E-state index contributed by atoms with van der Waals surface area (Å²) in [5.74, 6) is -0.366. The number of thiophene rings is 1. The molecular formula is C20H26N2O5S. The van der Waals surface area contributed by atoms with Gasteiger partial charge >= 0.3 is 5.97 Å². The van der Waals surface area contributed by atoms with Crippen LogP contribution in [0.25, 0.3) is 0 Å². The fraction of sp³-hybridized carbons (Fsp3) is 0.450. The topological polar surface area (TPSA) is 88.9 Å². The van der Waals surface area contributed by atoms with Gasteiger partial charge in [-0.15, -0.1) is 11.3 Å². The van der Waals surface area contributed by atoms with Crippen molar-refractivity contribution in [2.75, 3.05) is 25.0 Å². The molecule has 152 valence electrons. The zero-order chi connectivity index (χ0) is 20.7. The molecule has 0 fully saturated rings. The third-order valence-corrected chi connectivity index (χ3v) is 4.62. The number of hydrogen-bond acceptors (Lipinski definition) is 6. The number of amides is 2. The highest BCUT2D eigenvalue weighted by atomic mass is 32.1. The van der Waals surface area contributed by atoms with E-state index < -0.39 is 11.9 Å². The summed E-state index contributed by atoms with van der Waals surface area (Å²) >= 11 is 1.07. The average Bonchev–Trinajstić information content (AvgIpc) is 3.29. The van der Waals surface area contributed by atoms with Crippen molar-refractivity contribution in [3.05, 3.63) is 41.2 Å². The Hall–Kier alpha value is -2.61. The Bertz CT molecular complexity index is 785. The highest BCUT2D eigenvalue weighted by molar-refractivity contribution is 7.18. The van der Waals surface area contributed by atoms with Crippen LogP contribution in [0.5, 0.6) is 0 Å². The molecule has 0 saturated heterocycles. The molecule has 0 radical (unpaired) electrons. The molecule has 0 aromatic carbocycles. The summed E-state index contributed by atoms with van der Waals surface area (Å²) in [5.41, 5.74) is 0. The lowest BCUT2D eigenvalue weighted by atomic mass is 10.1. The average molecular weight is 407 g/mol. The van der Waals surface area contributed by atoms with Gasteiger partial charge in [-0.25, -0.2) is 4.79 Å². The second-order valence-corrected chi connectivity index (χ2v) is 8.34. The monoisotopic (exact) mass is 406 g/mol. The fourth-order valence-corrected chi connectivity index (χ4v) is 3.34. The molecule has 0 aliphatic rings. The van der Waals surface area contributed by atoms with E-state index in [0.717, 1.165) is 11.3 Å². The van der Waals surface area contributed by atoms with Crippen molar-refractivity contribution in [3.63, 3.8) is 0 Å². The lowest BCUT2D eigenvalue weighted by Gasteiger charge is -2.26. The molecule has 1 N–H and O–H groups in total. The van der Waals surface area contributed by atoms with Crippen LogP contribution in [0.3, 0.4) is 0 Å². The highest BCUT2D eigenvalue weighted by Gasteiger charge is 2.20. The van der Waals surface area contributed by atoms with E-state index in [9.17, 15) is 14.4 Å². The largest absolute Gasteiger partial charge is 0.459 e. The predicted molar refractivity (Wildman–Crippen MR) is 108 cm³/mol. The summed E-state index contributed by atoms with van der Waals surface area (Å²) in [6, 6.07) is 6.32. The molecule has 28 heavy (non-hydrogen) atoms. The maximum Gasteiger partial charge on any atom is 0.348 e. The number of ether oxygens (including phenoxy) is 1.